The Bertz CT molecular complexity index is 811. The van der Waals surface area contributed by atoms with Gasteiger partial charge in [0, 0.05) is 35.6 Å². The summed E-state index contributed by atoms with van der Waals surface area (Å²) in [5.41, 5.74) is 3.51. The third-order valence-corrected chi connectivity index (χ3v) is 6.18. The fraction of sp³-hybridized carbons (Fsp3) is 0.435. The monoisotopic (exact) mass is 431 g/mol. The number of rotatable bonds is 8. The molecule has 1 amide bonds. The highest BCUT2D eigenvalue weighted by Gasteiger charge is 2.38. The molecule has 0 bridgehead atoms. The summed E-state index contributed by atoms with van der Waals surface area (Å²) in [6.07, 6.45) is -0.737. The van der Waals surface area contributed by atoms with Crippen molar-refractivity contribution in [1.82, 2.24) is 0 Å². The van der Waals surface area contributed by atoms with Crippen LogP contribution in [0.25, 0.3) is 0 Å². The first kappa shape index (κ1) is 22.8. The zero-order valence-corrected chi connectivity index (χ0v) is 18.1. The molecule has 1 saturated heterocycles. The quantitative estimate of drug-likeness (QED) is 0.553. The second-order valence-corrected chi connectivity index (χ2v) is 8.57. The molecule has 30 heavy (non-hydrogen) atoms. The van der Waals surface area contributed by atoms with Gasteiger partial charge in [-0.2, -0.15) is 11.8 Å². The average Bonchev–Trinajstić information content (AvgIpc) is 2.75. The molecular weight excluding hydrogens is 402 g/mol. The number of ether oxygens (including phenoxy) is 2. The van der Waals surface area contributed by atoms with Crippen molar-refractivity contribution in [2.45, 2.75) is 39.0 Å². The Hall–Kier alpha value is -1.90. The summed E-state index contributed by atoms with van der Waals surface area (Å²) in [4.78, 5) is 11.3. The van der Waals surface area contributed by atoms with Gasteiger partial charge in [-0.3, -0.25) is 4.79 Å². The number of anilines is 1. The zero-order chi connectivity index (χ0) is 21.5. The van der Waals surface area contributed by atoms with Gasteiger partial charge >= 0.3 is 0 Å². The lowest BCUT2D eigenvalue weighted by molar-refractivity contribution is -0.268. The lowest BCUT2D eigenvalue weighted by Crippen LogP contribution is -2.38. The molecule has 2 aromatic rings. The van der Waals surface area contributed by atoms with E-state index >= 15 is 0 Å². The van der Waals surface area contributed by atoms with E-state index in [9.17, 15) is 9.90 Å². The normalized spacial score (nSPS) is 23.9. The topological polar surface area (TPSA) is 88.0 Å². The first-order valence-corrected chi connectivity index (χ1v) is 11.2. The predicted molar refractivity (Wildman–Crippen MR) is 118 cm³/mol. The lowest BCUT2D eigenvalue weighted by atomic mass is 9.91. The Balaban J connectivity index is 1.82. The molecule has 3 rings (SSSR count). The van der Waals surface area contributed by atoms with Gasteiger partial charge in [0.2, 0.25) is 5.91 Å². The number of nitrogens with one attached hydrogen (secondary N) is 1. The molecule has 6 nitrogen and oxygen atoms in total. The van der Waals surface area contributed by atoms with Gasteiger partial charge in [0.05, 0.1) is 25.4 Å². The number of carbonyl (C=O) groups excluding carboxylic acids is 1. The molecule has 0 radical (unpaired) electrons. The van der Waals surface area contributed by atoms with E-state index in [-0.39, 0.29) is 37.2 Å². The fourth-order valence-electron chi connectivity index (χ4n) is 3.50. The molecular formula is C23H29NO5S. The van der Waals surface area contributed by atoms with E-state index in [0.29, 0.717) is 5.75 Å². The lowest BCUT2D eigenvalue weighted by Gasteiger charge is -2.41. The summed E-state index contributed by atoms with van der Waals surface area (Å²) in [6.45, 7) is 3.74. The van der Waals surface area contributed by atoms with Crippen LogP contribution in [0.5, 0.6) is 0 Å². The number of hydrogen-bond donors (Lipinski definition) is 3. The van der Waals surface area contributed by atoms with Crippen LogP contribution in [0.15, 0.2) is 48.5 Å². The summed E-state index contributed by atoms with van der Waals surface area (Å²) in [5.74, 6) is 1.43. The molecule has 1 aliphatic rings. The molecule has 4 atom stereocenters. The van der Waals surface area contributed by atoms with Crippen LogP contribution in [0.2, 0.25) is 0 Å². The van der Waals surface area contributed by atoms with E-state index in [1.807, 2.05) is 48.5 Å². The van der Waals surface area contributed by atoms with E-state index < -0.39 is 6.29 Å². The van der Waals surface area contributed by atoms with E-state index in [0.717, 1.165) is 28.1 Å². The standard InChI is InChI=1S/C23H29NO5S/c1-15-21(14-30-12-11-25)28-23(19-7-9-20(10-8-19)24-16(2)27)29-22(15)18-5-3-17(13-26)4-6-18/h3-10,15,21-23,25-26H,11-14H2,1-2H3,(H,24,27). The van der Waals surface area contributed by atoms with Crippen molar-refractivity contribution in [3.8, 4) is 0 Å². The van der Waals surface area contributed by atoms with Gasteiger partial charge in [-0.15, -0.1) is 0 Å². The molecule has 1 aliphatic heterocycles. The number of hydrogen-bond acceptors (Lipinski definition) is 6. The van der Waals surface area contributed by atoms with E-state index in [4.69, 9.17) is 14.6 Å². The Morgan fingerprint density at radius 3 is 2.30 bits per heavy atom. The number of thioether (sulfide) groups is 1. The molecule has 162 valence electrons. The van der Waals surface area contributed by atoms with Crippen LogP contribution in [-0.2, 0) is 20.9 Å². The summed E-state index contributed by atoms with van der Waals surface area (Å²) in [5, 5.41) is 21.2. The van der Waals surface area contributed by atoms with Crippen LogP contribution in [0.1, 0.15) is 42.9 Å². The highest BCUT2D eigenvalue weighted by molar-refractivity contribution is 7.99. The van der Waals surface area contributed by atoms with E-state index in [1.54, 1.807) is 11.8 Å². The Morgan fingerprint density at radius 1 is 1.03 bits per heavy atom. The second-order valence-electron chi connectivity index (χ2n) is 7.42. The van der Waals surface area contributed by atoms with Crippen molar-refractivity contribution < 1.29 is 24.5 Å². The SMILES string of the molecule is CC(=O)Nc1ccc(C2OC(CSCCO)C(C)C(c3ccc(CO)cc3)O2)cc1. The highest BCUT2D eigenvalue weighted by Crippen LogP contribution is 2.42. The highest BCUT2D eigenvalue weighted by atomic mass is 32.2. The van der Waals surface area contributed by atoms with Crippen LogP contribution in [0, 0.1) is 5.92 Å². The minimum absolute atomic E-state index is 0.00810. The van der Waals surface area contributed by atoms with Crippen molar-refractivity contribution in [3.63, 3.8) is 0 Å². The van der Waals surface area contributed by atoms with Crippen LogP contribution in [-0.4, -0.2) is 40.3 Å². The number of aliphatic hydroxyl groups excluding tert-OH is 2. The van der Waals surface area contributed by atoms with Gasteiger partial charge in [-0.1, -0.05) is 43.3 Å². The van der Waals surface area contributed by atoms with Crippen LogP contribution in [0.3, 0.4) is 0 Å². The predicted octanol–water partition coefficient (Wildman–Crippen LogP) is 3.65. The van der Waals surface area contributed by atoms with Gasteiger partial charge < -0.3 is 25.0 Å². The minimum atomic E-state index is -0.533. The molecule has 7 heteroatoms. The third kappa shape index (κ3) is 5.83. The molecule has 3 N–H and O–H groups in total. The summed E-state index contributed by atoms with van der Waals surface area (Å²) in [7, 11) is 0. The van der Waals surface area contributed by atoms with Gasteiger partial charge in [0.15, 0.2) is 6.29 Å². The second kappa shape index (κ2) is 10.9. The molecule has 1 fully saturated rings. The van der Waals surface area contributed by atoms with E-state index in [1.165, 1.54) is 6.92 Å². The molecule has 2 aromatic carbocycles. The van der Waals surface area contributed by atoms with Crippen LogP contribution < -0.4 is 5.32 Å². The van der Waals surface area contributed by atoms with Crippen molar-refractivity contribution in [3.05, 3.63) is 65.2 Å². The summed E-state index contributed by atoms with van der Waals surface area (Å²) in [6, 6.07) is 15.3. The number of amides is 1. The minimum Gasteiger partial charge on any atom is -0.396 e. The van der Waals surface area contributed by atoms with Crippen molar-refractivity contribution in [2.75, 3.05) is 23.4 Å². The van der Waals surface area contributed by atoms with Crippen molar-refractivity contribution in [2.24, 2.45) is 5.92 Å². The molecule has 4 unspecified atom stereocenters. The maximum Gasteiger partial charge on any atom is 0.221 e. The number of carbonyl (C=O) groups is 1. The number of aliphatic hydroxyl groups is 2. The zero-order valence-electron chi connectivity index (χ0n) is 17.3. The number of benzene rings is 2. The van der Waals surface area contributed by atoms with Gasteiger partial charge in [0.25, 0.3) is 0 Å². The summed E-state index contributed by atoms with van der Waals surface area (Å²) >= 11 is 1.66. The molecule has 0 spiro atoms. The average molecular weight is 432 g/mol. The van der Waals surface area contributed by atoms with Crippen LogP contribution in [0.4, 0.5) is 5.69 Å². The summed E-state index contributed by atoms with van der Waals surface area (Å²) < 4.78 is 12.7. The van der Waals surface area contributed by atoms with Crippen molar-refractivity contribution >= 4 is 23.4 Å². The Morgan fingerprint density at radius 2 is 1.70 bits per heavy atom. The fourth-order valence-corrected chi connectivity index (χ4v) is 4.41. The third-order valence-electron chi connectivity index (χ3n) is 5.14. The first-order valence-electron chi connectivity index (χ1n) is 10.1. The molecule has 0 aliphatic carbocycles. The van der Waals surface area contributed by atoms with Crippen molar-refractivity contribution in [1.29, 1.82) is 0 Å². The molecule has 0 aromatic heterocycles. The van der Waals surface area contributed by atoms with Gasteiger partial charge in [0.1, 0.15) is 0 Å². The first-order chi connectivity index (χ1) is 14.5. The largest absolute Gasteiger partial charge is 0.396 e. The maximum atomic E-state index is 11.3. The Labute approximate surface area is 181 Å². The van der Waals surface area contributed by atoms with Crippen LogP contribution >= 0.6 is 11.8 Å². The molecule has 1 heterocycles. The smallest absolute Gasteiger partial charge is 0.221 e. The van der Waals surface area contributed by atoms with Gasteiger partial charge in [-0.05, 0) is 23.3 Å². The van der Waals surface area contributed by atoms with Gasteiger partial charge in [-0.25, -0.2) is 0 Å². The maximum absolute atomic E-state index is 11.3. The molecule has 0 saturated carbocycles. The van der Waals surface area contributed by atoms with E-state index in [2.05, 4.69) is 12.2 Å². The Kier molecular flexibility index (Phi) is 8.30.